The Bertz CT molecular complexity index is 1250. The minimum atomic E-state index is -3.69. The SMILES string of the molecule is Cc1ccc(CNC(=O)COc2ccc(S(=O)(=O)N3CCCc4ccccc43)cc2C)cc1. The maximum atomic E-state index is 13.3. The summed E-state index contributed by atoms with van der Waals surface area (Å²) in [6.45, 7) is 4.54. The van der Waals surface area contributed by atoms with Crippen molar-refractivity contribution in [1.82, 2.24) is 5.32 Å². The first-order chi connectivity index (χ1) is 15.8. The first kappa shape index (κ1) is 22.9. The van der Waals surface area contributed by atoms with Crippen molar-refractivity contribution in [3.63, 3.8) is 0 Å². The number of sulfonamides is 1. The minimum Gasteiger partial charge on any atom is -0.484 e. The summed E-state index contributed by atoms with van der Waals surface area (Å²) in [7, 11) is -3.69. The zero-order valence-electron chi connectivity index (χ0n) is 18.9. The summed E-state index contributed by atoms with van der Waals surface area (Å²) in [5, 5.41) is 2.83. The van der Waals surface area contributed by atoms with Crippen molar-refractivity contribution in [3.05, 3.63) is 89.0 Å². The number of hydrogen-bond donors (Lipinski definition) is 1. The molecule has 7 heteroatoms. The predicted molar refractivity (Wildman–Crippen MR) is 129 cm³/mol. The Morgan fingerprint density at radius 1 is 1.03 bits per heavy atom. The summed E-state index contributed by atoms with van der Waals surface area (Å²) in [6, 6.07) is 20.3. The van der Waals surface area contributed by atoms with E-state index < -0.39 is 10.0 Å². The normalized spacial score (nSPS) is 13.3. The maximum absolute atomic E-state index is 13.3. The van der Waals surface area contributed by atoms with E-state index in [1.54, 1.807) is 25.1 Å². The number of para-hydroxylation sites is 1. The lowest BCUT2D eigenvalue weighted by atomic mass is 10.0. The molecule has 3 aromatic rings. The van der Waals surface area contributed by atoms with Gasteiger partial charge in [-0.05, 0) is 67.6 Å². The van der Waals surface area contributed by atoms with E-state index >= 15 is 0 Å². The van der Waals surface area contributed by atoms with Crippen LogP contribution in [0.25, 0.3) is 0 Å². The van der Waals surface area contributed by atoms with Gasteiger partial charge in [0.05, 0.1) is 10.6 Å². The van der Waals surface area contributed by atoms with Gasteiger partial charge in [0, 0.05) is 13.1 Å². The van der Waals surface area contributed by atoms with E-state index in [0.717, 1.165) is 29.7 Å². The molecule has 0 radical (unpaired) electrons. The molecule has 0 aromatic heterocycles. The molecule has 1 N–H and O–H groups in total. The number of anilines is 1. The maximum Gasteiger partial charge on any atom is 0.264 e. The zero-order valence-corrected chi connectivity index (χ0v) is 19.7. The number of hydrogen-bond acceptors (Lipinski definition) is 4. The van der Waals surface area contributed by atoms with Gasteiger partial charge in [-0.1, -0.05) is 48.0 Å². The van der Waals surface area contributed by atoms with Crippen LogP contribution in [0.1, 0.15) is 28.7 Å². The molecule has 172 valence electrons. The fourth-order valence-electron chi connectivity index (χ4n) is 3.92. The van der Waals surface area contributed by atoms with E-state index in [1.165, 1.54) is 9.87 Å². The van der Waals surface area contributed by atoms with Crippen LogP contribution in [0.2, 0.25) is 0 Å². The molecule has 33 heavy (non-hydrogen) atoms. The largest absolute Gasteiger partial charge is 0.484 e. The Hall–Kier alpha value is -3.32. The number of benzene rings is 3. The summed E-state index contributed by atoms with van der Waals surface area (Å²) >= 11 is 0. The molecule has 1 aliphatic heterocycles. The molecule has 0 unspecified atom stereocenters. The predicted octanol–water partition coefficient (Wildman–Crippen LogP) is 4.14. The van der Waals surface area contributed by atoms with Crippen molar-refractivity contribution in [1.29, 1.82) is 0 Å². The molecule has 1 heterocycles. The standard InChI is InChI=1S/C26H28N2O4S/c1-19-9-11-21(12-10-19)17-27-26(29)18-32-25-14-13-23(16-20(25)2)33(30,31)28-15-5-7-22-6-3-4-8-24(22)28/h3-4,6,8-14,16H,5,7,15,17-18H2,1-2H3,(H,27,29). The number of carbonyl (C=O) groups is 1. The molecule has 6 nitrogen and oxygen atoms in total. The Morgan fingerprint density at radius 3 is 2.55 bits per heavy atom. The Morgan fingerprint density at radius 2 is 1.79 bits per heavy atom. The molecule has 0 saturated heterocycles. The van der Waals surface area contributed by atoms with E-state index in [9.17, 15) is 13.2 Å². The zero-order chi connectivity index (χ0) is 23.4. The van der Waals surface area contributed by atoms with Gasteiger partial charge in [0.25, 0.3) is 15.9 Å². The lowest BCUT2D eigenvalue weighted by molar-refractivity contribution is -0.123. The second-order valence-electron chi connectivity index (χ2n) is 8.29. The van der Waals surface area contributed by atoms with Crippen LogP contribution in [-0.4, -0.2) is 27.5 Å². The number of ether oxygens (including phenoxy) is 1. The highest BCUT2D eigenvalue weighted by Gasteiger charge is 2.29. The Balaban J connectivity index is 1.41. The van der Waals surface area contributed by atoms with Gasteiger partial charge in [-0.25, -0.2) is 8.42 Å². The third-order valence-corrected chi connectivity index (χ3v) is 7.58. The second-order valence-corrected chi connectivity index (χ2v) is 10.2. The molecule has 3 aromatic carbocycles. The van der Waals surface area contributed by atoms with Crippen molar-refractivity contribution in [2.75, 3.05) is 17.5 Å². The summed E-state index contributed by atoms with van der Waals surface area (Å²) in [5.74, 6) is 0.245. The first-order valence-electron chi connectivity index (χ1n) is 11.0. The molecule has 4 rings (SSSR count). The van der Waals surface area contributed by atoms with Crippen molar-refractivity contribution < 1.29 is 17.9 Å². The highest BCUT2D eigenvalue weighted by atomic mass is 32.2. The summed E-state index contributed by atoms with van der Waals surface area (Å²) in [4.78, 5) is 12.4. The van der Waals surface area contributed by atoms with Crippen LogP contribution in [0.5, 0.6) is 5.75 Å². The van der Waals surface area contributed by atoms with Crippen molar-refractivity contribution in [3.8, 4) is 5.75 Å². The number of amides is 1. The lowest BCUT2D eigenvalue weighted by Crippen LogP contribution is -2.35. The third-order valence-electron chi connectivity index (χ3n) is 5.77. The van der Waals surface area contributed by atoms with E-state index in [0.29, 0.717) is 24.4 Å². The van der Waals surface area contributed by atoms with Gasteiger partial charge < -0.3 is 10.1 Å². The van der Waals surface area contributed by atoms with Crippen LogP contribution in [-0.2, 0) is 27.8 Å². The number of nitrogens with one attached hydrogen (secondary N) is 1. The van der Waals surface area contributed by atoms with Gasteiger partial charge in [0.2, 0.25) is 0 Å². The van der Waals surface area contributed by atoms with E-state index in [-0.39, 0.29) is 17.4 Å². The molecule has 0 bridgehead atoms. The number of carbonyl (C=O) groups excluding carboxylic acids is 1. The highest BCUT2D eigenvalue weighted by Crippen LogP contribution is 2.33. The van der Waals surface area contributed by atoms with Crippen molar-refractivity contribution in [2.45, 2.75) is 38.1 Å². The topological polar surface area (TPSA) is 75.7 Å². The molecule has 0 saturated carbocycles. The molecule has 1 amide bonds. The van der Waals surface area contributed by atoms with Crippen LogP contribution < -0.4 is 14.4 Å². The van der Waals surface area contributed by atoms with Gasteiger partial charge in [-0.2, -0.15) is 0 Å². The van der Waals surface area contributed by atoms with Crippen LogP contribution in [0, 0.1) is 13.8 Å². The average Bonchev–Trinajstić information content (AvgIpc) is 2.82. The Kier molecular flexibility index (Phi) is 6.70. The van der Waals surface area contributed by atoms with E-state index in [2.05, 4.69) is 5.32 Å². The van der Waals surface area contributed by atoms with Gasteiger partial charge >= 0.3 is 0 Å². The second kappa shape index (κ2) is 9.67. The highest BCUT2D eigenvalue weighted by molar-refractivity contribution is 7.92. The quantitative estimate of drug-likeness (QED) is 0.570. The van der Waals surface area contributed by atoms with Gasteiger partial charge in [0.1, 0.15) is 5.75 Å². The number of aryl methyl sites for hydroxylation is 3. The van der Waals surface area contributed by atoms with Crippen LogP contribution in [0.3, 0.4) is 0 Å². The van der Waals surface area contributed by atoms with Crippen molar-refractivity contribution in [2.24, 2.45) is 0 Å². The monoisotopic (exact) mass is 464 g/mol. The molecular weight excluding hydrogens is 436 g/mol. The van der Waals surface area contributed by atoms with Crippen LogP contribution >= 0.6 is 0 Å². The number of rotatable bonds is 7. The molecule has 0 aliphatic carbocycles. The van der Waals surface area contributed by atoms with Crippen LogP contribution in [0.4, 0.5) is 5.69 Å². The molecule has 0 spiro atoms. The van der Waals surface area contributed by atoms with Crippen molar-refractivity contribution >= 4 is 21.6 Å². The number of fused-ring (bicyclic) bond motifs is 1. The van der Waals surface area contributed by atoms with Gasteiger partial charge in [0.15, 0.2) is 6.61 Å². The molecule has 0 fully saturated rings. The molecule has 1 aliphatic rings. The van der Waals surface area contributed by atoms with Crippen LogP contribution in [0.15, 0.2) is 71.6 Å². The van der Waals surface area contributed by atoms with E-state index in [4.69, 9.17) is 4.74 Å². The summed E-state index contributed by atoms with van der Waals surface area (Å²) in [6.07, 6.45) is 1.66. The Labute approximate surface area is 195 Å². The number of nitrogens with zero attached hydrogens (tertiary/aromatic N) is 1. The molecular formula is C26H28N2O4S. The van der Waals surface area contributed by atoms with Gasteiger partial charge in [-0.3, -0.25) is 9.10 Å². The fraction of sp³-hybridized carbons (Fsp3) is 0.269. The third kappa shape index (κ3) is 5.20. The summed E-state index contributed by atoms with van der Waals surface area (Å²) in [5.41, 5.74) is 4.62. The lowest BCUT2D eigenvalue weighted by Gasteiger charge is -2.30. The smallest absolute Gasteiger partial charge is 0.264 e. The molecule has 0 atom stereocenters. The first-order valence-corrected chi connectivity index (χ1v) is 12.4. The van der Waals surface area contributed by atoms with E-state index in [1.807, 2.05) is 55.5 Å². The van der Waals surface area contributed by atoms with Gasteiger partial charge in [-0.15, -0.1) is 0 Å². The fourth-order valence-corrected chi connectivity index (χ4v) is 5.55. The summed E-state index contributed by atoms with van der Waals surface area (Å²) < 4.78 is 33.8. The minimum absolute atomic E-state index is 0.141. The average molecular weight is 465 g/mol.